The van der Waals surface area contributed by atoms with Crippen molar-refractivity contribution < 1.29 is 27.8 Å². The fraction of sp³-hybridized carbons (Fsp3) is 0.556. The normalized spacial score (nSPS) is 20.5. The minimum absolute atomic E-state index is 0.0491. The van der Waals surface area contributed by atoms with E-state index in [0.717, 1.165) is 11.1 Å². The Morgan fingerprint density at radius 2 is 2.00 bits per heavy atom. The lowest BCUT2D eigenvalue weighted by Gasteiger charge is -2.32. The van der Waals surface area contributed by atoms with Crippen LogP contribution < -0.4 is 4.74 Å². The number of carbonyl (C=O) groups excluding carboxylic acids is 1. The molecule has 5 nitrogen and oxygen atoms in total. The van der Waals surface area contributed by atoms with E-state index >= 15 is 0 Å². The van der Waals surface area contributed by atoms with Crippen molar-refractivity contribution in [3.8, 4) is 5.75 Å². The largest absolute Gasteiger partial charge is 0.484 e. The first kappa shape index (κ1) is 20.2. The van der Waals surface area contributed by atoms with Gasteiger partial charge in [0.15, 0.2) is 6.61 Å². The highest BCUT2D eigenvalue weighted by Gasteiger charge is 2.63. The number of hydrazone groups is 1. The molecule has 0 aliphatic carbocycles. The van der Waals surface area contributed by atoms with Crippen LogP contribution >= 0.6 is 0 Å². The maximum absolute atomic E-state index is 13.4. The molecule has 2 rings (SSSR count). The summed E-state index contributed by atoms with van der Waals surface area (Å²) in [6.45, 7) is 6.75. The molecule has 1 atom stereocenters. The van der Waals surface area contributed by atoms with Crippen LogP contribution in [0.2, 0.25) is 0 Å². The average molecular weight is 372 g/mol. The number of hydrogen-bond acceptors (Lipinski definition) is 4. The molecular weight excluding hydrogens is 349 g/mol. The molecule has 1 heterocycles. The van der Waals surface area contributed by atoms with E-state index in [1.54, 1.807) is 18.2 Å². The maximum atomic E-state index is 13.4. The number of benzene rings is 1. The Morgan fingerprint density at radius 1 is 1.35 bits per heavy atom. The monoisotopic (exact) mass is 372 g/mol. The van der Waals surface area contributed by atoms with Gasteiger partial charge in [-0.2, -0.15) is 23.3 Å². The Labute approximate surface area is 150 Å². The third-order valence-corrected chi connectivity index (χ3v) is 4.22. The van der Waals surface area contributed by atoms with E-state index < -0.39 is 30.8 Å². The van der Waals surface area contributed by atoms with Gasteiger partial charge in [0.1, 0.15) is 5.75 Å². The van der Waals surface area contributed by atoms with Crippen molar-refractivity contribution in [1.82, 2.24) is 5.01 Å². The van der Waals surface area contributed by atoms with E-state index in [0.29, 0.717) is 5.75 Å². The summed E-state index contributed by atoms with van der Waals surface area (Å²) in [6, 6.07) is 5.11. The average Bonchev–Trinajstić information content (AvgIpc) is 2.85. The summed E-state index contributed by atoms with van der Waals surface area (Å²) in [5, 5.41) is 14.0. The Balaban J connectivity index is 2.17. The van der Waals surface area contributed by atoms with E-state index in [1.165, 1.54) is 0 Å². The van der Waals surface area contributed by atoms with Crippen molar-refractivity contribution in [2.45, 2.75) is 52.4 Å². The molecule has 144 valence electrons. The summed E-state index contributed by atoms with van der Waals surface area (Å²) in [5.74, 6) is -0.641. The van der Waals surface area contributed by atoms with E-state index in [-0.39, 0.29) is 23.1 Å². The van der Waals surface area contributed by atoms with Crippen LogP contribution in [0.15, 0.2) is 23.3 Å². The van der Waals surface area contributed by atoms with Crippen molar-refractivity contribution in [3.63, 3.8) is 0 Å². The molecule has 8 heteroatoms. The van der Waals surface area contributed by atoms with Crippen LogP contribution in [0.4, 0.5) is 13.2 Å². The van der Waals surface area contributed by atoms with Gasteiger partial charge in [0, 0.05) is 12.1 Å². The molecule has 1 N–H and O–H groups in total. The van der Waals surface area contributed by atoms with Crippen LogP contribution in [0.25, 0.3) is 0 Å². The number of ether oxygens (including phenoxy) is 1. The van der Waals surface area contributed by atoms with Crippen molar-refractivity contribution in [3.05, 3.63) is 29.3 Å². The van der Waals surface area contributed by atoms with Gasteiger partial charge in [0.25, 0.3) is 11.6 Å². The van der Waals surface area contributed by atoms with Crippen LogP contribution in [-0.4, -0.2) is 40.2 Å². The molecule has 0 bridgehead atoms. The third-order valence-electron chi connectivity index (χ3n) is 4.22. The summed E-state index contributed by atoms with van der Waals surface area (Å²) < 4.78 is 45.4. The molecule has 1 aromatic carbocycles. The van der Waals surface area contributed by atoms with Crippen molar-refractivity contribution in [2.24, 2.45) is 11.0 Å². The quantitative estimate of drug-likeness (QED) is 0.860. The molecule has 0 fully saturated rings. The second-order valence-electron chi connectivity index (χ2n) is 7.00. The van der Waals surface area contributed by atoms with E-state index in [4.69, 9.17) is 4.74 Å². The van der Waals surface area contributed by atoms with E-state index in [2.05, 4.69) is 5.10 Å². The predicted molar refractivity (Wildman–Crippen MR) is 90.8 cm³/mol. The highest BCUT2D eigenvalue weighted by Crippen LogP contribution is 2.41. The van der Waals surface area contributed by atoms with Gasteiger partial charge < -0.3 is 9.84 Å². The molecule has 0 radical (unpaired) electrons. The highest BCUT2D eigenvalue weighted by molar-refractivity contribution is 5.91. The standard InChI is InChI=1S/C18H23F3N2O3/c1-11(2)7-14-9-17(25,18(19,20)21)23(22-14)16(24)10-26-15-6-5-12(3)13(4)8-15/h5-6,8,11,25H,7,9-10H2,1-4H3/t17-/m1/s1. The molecule has 1 amide bonds. The Kier molecular flexibility index (Phi) is 5.65. The molecule has 1 aromatic rings. The Bertz CT molecular complexity index is 716. The van der Waals surface area contributed by atoms with Gasteiger partial charge in [0.05, 0.1) is 0 Å². The van der Waals surface area contributed by atoms with Gasteiger partial charge in [-0.1, -0.05) is 19.9 Å². The molecule has 26 heavy (non-hydrogen) atoms. The van der Waals surface area contributed by atoms with Gasteiger partial charge in [0.2, 0.25) is 0 Å². The number of carbonyl (C=O) groups is 1. The minimum Gasteiger partial charge on any atom is -0.484 e. The maximum Gasteiger partial charge on any atom is 0.438 e. The Hall–Kier alpha value is -2.09. The molecular formula is C18H23F3N2O3. The molecule has 0 saturated heterocycles. The minimum atomic E-state index is -5.02. The van der Waals surface area contributed by atoms with E-state index in [9.17, 15) is 23.1 Å². The van der Waals surface area contributed by atoms with Crippen LogP contribution in [0.1, 0.15) is 37.8 Å². The number of amides is 1. The number of aliphatic hydroxyl groups is 1. The number of nitrogens with zero attached hydrogens (tertiary/aromatic N) is 2. The molecule has 1 aliphatic rings. The zero-order valence-corrected chi connectivity index (χ0v) is 15.2. The van der Waals surface area contributed by atoms with Gasteiger partial charge in [-0.3, -0.25) is 4.79 Å². The zero-order valence-electron chi connectivity index (χ0n) is 15.2. The predicted octanol–water partition coefficient (Wildman–Crippen LogP) is 3.57. The molecule has 0 spiro atoms. The highest BCUT2D eigenvalue weighted by atomic mass is 19.4. The summed E-state index contributed by atoms with van der Waals surface area (Å²) in [6.07, 6.45) is -5.50. The first-order valence-electron chi connectivity index (χ1n) is 8.32. The number of hydrogen-bond donors (Lipinski definition) is 1. The first-order valence-corrected chi connectivity index (χ1v) is 8.32. The van der Waals surface area contributed by atoms with Gasteiger partial charge >= 0.3 is 6.18 Å². The zero-order chi connectivity index (χ0) is 19.7. The molecule has 0 aromatic heterocycles. The van der Waals surface area contributed by atoms with Gasteiger partial charge in [-0.25, -0.2) is 0 Å². The summed E-state index contributed by atoms with van der Waals surface area (Å²) in [4.78, 5) is 12.3. The van der Waals surface area contributed by atoms with Crippen LogP contribution in [-0.2, 0) is 4.79 Å². The lowest BCUT2D eigenvalue weighted by atomic mass is 9.99. The second kappa shape index (κ2) is 7.26. The summed E-state index contributed by atoms with van der Waals surface area (Å²) in [7, 11) is 0. The molecule has 0 saturated carbocycles. The number of rotatable bonds is 5. The van der Waals surface area contributed by atoms with Crippen LogP contribution in [0, 0.1) is 19.8 Å². The first-order chi connectivity index (χ1) is 11.9. The smallest absolute Gasteiger partial charge is 0.438 e. The summed E-state index contributed by atoms with van der Waals surface area (Å²) >= 11 is 0. The molecule has 0 unspecified atom stereocenters. The summed E-state index contributed by atoms with van der Waals surface area (Å²) in [5.41, 5.74) is -1.24. The third kappa shape index (κ3) is 4.17. The van der Waals surface area contributed by atoms with Crippen LogP contribution in [0.5, 0.6) is 5.75 Å². The lowest BCUT2D eigenvalue weighted by molar-refractivity contribution is -0.302. The number of alkyl halides is 3. The van der Waals surface area contributed by atoms with Crippen LogP contribution in [0.3, 0.4) is 0 Å². The fourth-order valence-electron chi connectivity index (χ4n) is 2.70. The van der Waals surface area contributed by atoms with Gasteiger partial charge in [-0.15, -0.1) is 0 Å². The number of halogens is 3. The molecule has 1 aliphatic heterocycles. The van der Waals surface area contributed by atoms with E-state index in [1.807, 2.05) is 27.7 Å². The van der Waals surface area contributed by atoms with Crippen molar-refractivity contribution >= 4 is 11.6 Å². The lowest BCUT2D eigenvalue weighted by Crippen LogP contribution is -2.57. The van der Waals surface area contributed by atoms with Crippen molar-refractivity contribution in [2.75, 3.05) is 6.61 Å². The Morgan fingerprint density at radius 3 is 2.54 bits per heavy atom. The topological polar surface area (TPSA) is 62.1 Å². The number of aryl methyl sites for hydroxylation is 2. The van der Waals surface area contributed by atoms with Gasteiger partial charge in [-0.05, 0) is 49.4 Å². The fourth-order valence-corrected chi connectivity index (χ4v) is 2.70. The second-order valence-corrected chi connectivity index (χ2v) is 7.00. The SMILES string of the molecule is Cc1ccc(OCC(=O)N2N=C(CC(C)C)C[C@@]2(O)C(F)(F)F)cc1C. The van der Waals surface area contributed by atoms with Crippen molar-refractivity contribution in [1.29, 1.82) is 0 Å².